The van der Waals surface area contributed by atoms with Crippen LogP contribution in [-0.4, -0.2) is 46.9 Å². The van der Waals surface area contributed by atoms with Crippen molar-refractivity contribution in [1.82, 2.24) is 4.98 Å². The summed E-state index contributed by atoms with van der Waals surface area (Å²) in [5.41, 5.74) is 0. The van der Waals surface area contributed by atoms with E-state index >= 15 is 0 Å². The summed E-state index contributed by atoms with van der Waals surface area (Å²) >= 11 is 0. The zero-order chi connectivity index (χ0) is 25.5. The van der Waals surface area contributed by atoms with Gasteiger partial charge in [0.2, 0.25) is 0 Å². The predicted molar refractivity (Wildman–Crippen MR) is 93.9 cm³/mol. The molecule has 0 aliphatic rings. The van der Waals surface area contributed by atoms with Crippen molar-refractivity contribution in [2.24, 2.45) is 0 Å². The molecule has 1 aromatic heterocycles. The summed E-state index contributed by atoms with van der Waals surface area (Å²) in [5, 5.41) is -7.13. The van der Waals surface area contributed by atoms with Crippen LogP contribution in [-0.2, 0) is 10.1 Å². The van der Waals surface area contributed by atoms with Gasteiger partial charge in [-0.05, 0) is 18.6 Å². The van der Waals surface area contributed by atoms with E-state index in [9.17, 15) is 52.3 Å². The summed E-state index contributed by atoms with van der Waals surface area (Å²) in [7, 11) is -7.32. The van der Waals surface area contributed by atoms with Crippen molar-refractivity contribution in [3.63, 3.8) is 0 Å². The molecule has 0 amide bonds. The Kier molecular flexibility index (Phi) is 10.4. The average molecular weight is 509 g/mol. The molecule has 1 rings (SSSR count). The summed E-state index contributed by atoms with van der Waals surface area (Å²) in [4.78, 5) is 3.78. The molecule has 0 aliphatic heterocycles. The summed E-state index contributed by atoms with van der Waals surface area (Å²) in [5.74, 6) is -27.9. The lowest BCUT2D eigenvalue weighted by atomic mass is 9.94. The normalized spacial score (nSPS) is 14.0. The summed E-state index contributed by atoms with van der Waals surface area (Å²) in [6, 6.07) is 5.72. The number of hydrogen-bond acceptors (Lipinski definition) is 3. The Bertz CT molecular complexity index is 762. The third-order valence-electron chi connectivity index (χ3n) is 4.10. The van der Waals surface area contributed by atoms with Crippen LogP contribution in [0.4, 0.5) is 43.9 Å². The SMILES string of the molecule is CCCCCCCC(F)(F)C(F)(F)C(F)(F)C(F)(F)C(F)(F)S(=O)(=O)O.c1ccncc1. The Morgan fingerprint density at radius 2 is 1.19 bits per heavy atom. The zero-order valence-electron chi connectivity index (χ0n) is 16.5. The molecule has 0 bridgehead atoms. The van der Waals surface area contributed by atoms with E-state index in [2.05, 4.69) is 4.98 Å². The highest BCUT2D eigenvalue weighted by Gasteiger charge is 2.88. The van der Waals surface area contributed by atoms with Gasteiger partial charge in [-0.25, -0.2) is 0 Å². The molecule has 0 unspecified atom stereocenters. The Morgan fingerprint density at radius 1 is 0.719 bits per heavy atom. The summed E-state index contributed by atoms with van der Waals surface area (Å²) in [6.45, 7) is 1.71. The van der Waals surface area contributed by atoms with E-state index in [1.807, 2.05) is 18.2 Å². The molecular formula is C17H21F10NO3S. The highest BCUT2D eigenvalue weighted by atomic mass is 32.2. The number of rotatable bonds is 11. The molecule has 1 aromatic rings. The van der Waals surface area contributed by atoms with Crippen molar-refractivity contribution in [2.45, 2.75) is 74.4 Å². The quantitative estimate of drug-likeness (QED) is 0.212. The second-order valence-corrected chi connectivity index (χ2v) is 8.07. The van der Waals surface area contributed by atoms with Crippen LogP contribution < -0.4 is 0 Å². The molecule has 15 heteroatoms. The molecular weight excluding hydrogens is 488 g/mol. The van der Waals surface area contributed by atoms with Crippen LogP contribution in [0.15, 0.2) is 30.6 Å². The monoisotopic (exact) mass is 509 g/mol. The Morgan fingerprint density at radius 3 is 1.53 bits per heavy atom. The first kappa shape index (κ1) is 30.4. The maximum atomic E-state index is 13.4. The molecule has 0 aromatic carbocycles. The molecule has 0 saturated carbocycles. The lowest BCUT2D eigenvalue weighted by molar-refractivity contribution is -0.390. The van der Waals surface area contributed by atoms with Crippen LogP contribution in [0.1, 0.15) is 45.4 Å². The summed E-state index contributed by atoms with van der Waals surface area (Å²) < 4.78 is 160. The van der Waals surface area contributed by atoms with E-state index in [0.29, 0.717) is 12.8 Å². The number of pyridine rings is 1. The molecule has 1 heterocycles. The van der Waals surface area contributed by atoms with Gasteiger partial charge in [0.1, 0.15) is 0 Å². The fourth-order valence-electron chi connectivity index (χ4n) is 2.19. The van der Waals surface area contributed by atoms with E-state index in [0.717, 1.165) is 0 Å². The lowest BCUT2D eigenvalue weighted by Crippen LogP contribution is -2.68. The third kappa shape index (κ3) is 6.45. The number of halogens is 10. The first-order valence-electron chi connectivity index (χ1n) is 9.02. The van der Waals surface area contributed by atoms with Crippen LogP contribution in [0.5, 0.6) is 0 Å². The molecule has 0 spiro atoms. The molecule has 0 aliphatic carbocycles. The highest BCUT2D eigenvalue weighted by Crippen LogP contribution is 2.58. The van der Waals surface area contributed by atoms with Crippen LogP contribution >= 0.6 is 0 Å². The minimum atomic E-state index is -7.53. The van der Waals surface area contributed by atoms with Gasteiger partial charge in [0, 0.05) is 18.8 Å². The topological polar surface area (TPSA) is 67.3 Å². The molecule has 0 fully saturated rings. The van der Waals surface area contributed by atoms with Crippen LogP contribution in [0.2, 0.25) is 0 Å². The fourth-order valence-corrected chi connectivity index (χ4v) is 2.64. The van der Waals surface area contributed by atoms with Gasteiger partial charge in [-0.3, -0.25) is 9.54 Å². The second-order valence-electron chi connectivity index (χ2n) is 6.61. The molecule has 0 atom stereocenters. The first-order chi connectivity index (χ1) is 14.3. The minimum absolute atomic E-state index is 0.136. The van der Waals surface area contributed by atoms with Gasteiger partial charge in [-0.15, -0.1) is 0 Å². The molecule has 1 N–H and O–H groups in total. The van der Waals surface area contributed by atoms with E-state index < -0.39 is 51.9 Å². The predicted octanol–water partition coefficient (Wildman–Crippen LogP) is 6.45. The zero-order valence-corrected chi connectivity index (χ0v) is 17.3. The van der Waals surface area contributed by atoms with E-state index in [-0.39, 0.29) is 12.8 Å². The number of unbranched alkanes of at least 4 members (excludes halogenated alkanes) is 4. The number of nitrogens with zero attached hydrogens (tertiary/aromatic N) is 1. The molecule has 32 heavy (non-hydrogen) atoms. The molecule has 0 radical (unpaired) electrons. The fraction of sp³-hybridized carbons (Fsp3) is 0.706. The van der Waals surface area contributed by atoms with Gasteiger partial charge in [0.25, 0.3) is 0 Å². The maximum Gasteiger partial charge on any atom is 0.438 e. The van der Waals surface area contributed by atoms with Crippen molar-refractivity contribution in [3.8, 4) is 0 Å². The van der Waals surface area contributed by atoms with Gasteiger partial charge < -0.3 is 0 Å². The minimum Gasteiger partial charge on any atom is -0.281 e. The number of aromatic nitrogens is 1. The maximum absolute atomic E-state index is 13.4. The van der Waals surface area contributed by atoms with Crippen molar-refractivity contribution >= 4 is 10.1 Å². The van der Waals surface area contributed by atoms with Crippen LogP contribution in [0, 0.1) is 0 Å². The Balaban J connectivity index is 0.00000136. The van der Waals surface area contributed by atoms with Crippen molar-refractivity contribution in [1.29, 1.82) is 0 Å². The van der Waals surface area contributed by atoms with Crippen LogP contribution in [0.25, 0.3) is 0 Å². The number of hydrogen-bond donors (Lipinski definition) is 1. The van der Waals surface area contributed by atoms with E-state index in [1.165, 1.54) is 0 Å². The van der Waals surface area contributed by atoms with Gasteiger partial charge >= 0.3 is 39.1 Å². The average Bonchev–Trinajstić information content (AvgIpc) is 2.68. The van der Waals surface area contributed by atoms with Crippen molar-refractivity contribution in [3.05, 3.63) is 30.6 Å². The Hall–Kier alpha value is -1.64. The molecule has 0 saturated heterocycles. The lowest BCUT2D eigenvalue weighted by Gasteiger charge is -2.38. The van der Waals surface area contributed by atoms with Crippen molar-refractivity contribution < 1.29 is 56.9 Å². The molecule has 4 nitrogen and oxygen atoms in total. The smallest absolute Gasteiger partial charge is 0.281 e. The second kappa shape index (κ2) is 11.0. The number of alkyl halides is 10. The van der Waals surface area contributed by atoms with Gasteiger partial charge in [-0.2, -0.15) is 52.3 Å². The van der Waals surface area contributed by atoms with E-state index in [4.69, 9.17) is 4.55 Å². The highest BCUT2D eigenvalue weighted by molar-refractivity contribution is 7.87. The van der Waals surface area contributed by atoms with Gasteiger partial charge in [0.15, 0.2) is 0 Å². The van der Waals surface area contributed by atoms with Crippen LogP contribution in [0.3, 0.4) is 0 Å². The van der Waals surface area contributed by atoms with Crippen molar-refractivity contribution in [2.75, 3.05) is 0 Å². The standard InChI is InChI=1S/C12H16F10O3S.C5H5N/c1-2-3-4-5-6-7-8(13,14)9(15,16)10(17,18)11(19,20)12(21,22)26(23,24)25;1-2-4-6-5-3-1/h2-7H2,1H3,(H,23,24,25);1-5H. The first-order valence-corrected chi connectivity index (χ1v) is 10.5. The van der Waals surface area contributed by atoms with Gasteiger partial charge in [-0.1, -0.05) is 38.7 Å². The van der Waals surface area contributed by atoms with E-state index in [1.54, 1.807) is 19.3 Å². The Labute approximate surface area is 177 Å². The largest absolute Gasteiger partial charge is 0.438 e. The molecule has 188 valence electrons. The third-order valence-corrected chi connectivity index (χ3v) is 5.00. The summed E-state index contributed by atoms with van der Waals surface area (Å²) in [6.07, 6.45) is 1.91. The van der Waals surface area contributed by atoms with Gasteiger partial charge in [0.05, 0.1) is 0 Å².